The van der Waals surface area contributed by atoms with Gasteiger partial charge in [0.15, 0.2) is 0 Å². The number of amides is 1. The summed E-state index contributed by atoms with van der Waals surface area (Å²) >= 11 is 0. The number of aryl methyl sites for hydroxylation is 1. The van der Waals surface area contributed by atoms with E-state index in [0.29, 0.717) is 6.42 Å². The van der Waals surface area contributed by atoms with Gasteiger partial charge in [-0.25, -0.2) is 0 Å². The third-order valence-corrected chi connectivity index (χ3v) is 6.97. The molecule has 2 aliphatic heterocycles. The van der Waals surface area contributed by atoms with Crippen LogP contribution in [0.1, 0.15) is 24.5 Å². The standard InChI is InChI=1S/C23H35N3O7/c1-11-5-7-13(8-6-11)10-15(27)26-14-9-12(2)31-22-23(14,30)33-20-17(25-4)18(28)16(24-3)19(29)21(20)32-22/h5-8,12,14,16-22,24-25,28-30H,9-10H2,1-4H3,(H,26,27)/t12-,14-,16-,17+,18+,19+,20?,21?,22?,23+/m1/s1. The van der Waals surface area contributed by atoms with Gasteiger partial charge in [-0.15, -0.1) is 0 Å². The molecule has 3 aliphatic rings. The molecule has 10 atom stereocenters. The van der Waals surface area contributed by atoms with Crippen molar-refractivity contribution >= 4 is 5.91 Å². The second-order valence-electron chi connectivity index (χ2n) is 9.34. The highest BCUT2D eigenvalue weighted by Crippen LogP contribution is 2.41. The predicted molar refractivity (Wildman–Crippen MR) is 118 cm³/mol. The SMILES string of the molecule is CN[C@@H]1[C@H](O)[C@H](NC)C2O[C@]3(O)C(OC2[C@H]1O)O[C@H](C)C[C@H]3NC(=O)Cc1ccc(C)cc1. The molecule has 1 aromatic carbocycles. The fourth-order valence-corrected chi connectivity index (χ4v) is 5.15. The maximum atomic E-state index is 12.8. The van der Waals surface area contributed by atoms with Crippen LogP contribution >= 0.6 is 0 Å². The first-order chi connectivity index (χ1) is 15.7. The van der Waals surface area contributed by atoms with Crippen molar-refractivity contribution in [2.75, 3.05) is 14.1 Å². The lowest BCUT2D eigenvalue weighted by Gasteiger charge is -2.58. The van der Waals surface area contributed by atoms with Crippen molar-refractivity contribution in [3.63, 3.8) is 0 Å². The Kier molecular flexibility index (Phi) is 7.09. The summed E-state index contributed by atoms with van der Waals surface area (Å²) in [5.41, 5.74) is 1.96. The molecular formula is C23H35N3O7. The van der Waals surface area contributed by atoms with Crippen LogP contribution < -0.4 is 16.0 Å². The maximum Gasteiger partial charge on any atom is 0.239 e. The van der Waals surface area contributed by atoms with Crippen LogP contribution in [0.3, 0.4) is 0 Å². The van der Waals surface area contributed by atoms with Crippen molar-refractivity contribution in [1.82, 2.24) is 16.0 Å². The van der Waals surface area contributed by atoms with Gasteiger partial charge in [-0.2, -0.15) is 0 Å². The lowest BCUT2D eigenvalue weighted by molar-refractivity contribution is -0.449. The highest BCUT2D eigenvalue weighted by atomic mass is 16.8. The quantitative estimate of drug-likeness (QED) is 0.308. The molecule has 0 bridgehead atoms. The Morgan fingerprint density at radius 2 is 1.73 bits per heavy atom. The molecule has 0 aromatic heterocycles. The molecule has 1 amide bonds. The van der Waals surface area contributed by atoms with Crippen LogP contribution in [-0.4, -0.2) is 96.0 Å². The summed E-state index contributed by atoms with van der Waals surface area (Å²) in [5.74, 6) is -2.25. The third-order valence-electron chi connectivity index (χ3n) is 6.97. The fraction of sp³-hybridized carbons (Fsp3) is 0.696. The molecule has 2 saturated heterocycles. The van der Waals surface area contributed by atoms with Crippen LogP contribution in [-0.2, 0) is 25.4 Å². The van der Waals surface area contributed by atoms with Crippen LogP contribution in [0.15, 0.2) is 24.3 Å². The van der Waals surface area contributed by atoms with Crippen LogP contribution in [0.25, 0.3) is 0 Å². The first-order valence-corrected chi connectivity index (χ1v) is 11.4. The number of ether oxygens (including phenoxy) is 3. The van der Waals surface area contributed by atoms with Crippen LogP contribution in [0.2, 0.25) is 0 Å². The zero-order valence-electron chi connectivity index (χ0n) is 19.4. The molecule has 4 rings (SSSR count). The molecule has 6 N–H and O–H groups in total. The minimum Gasteiger partial charge on any atom is -0.390 e. The second-order valence-corrected chi connectivity index (χ2v) is 9.34. The van der Waals surface area contributed by atoms with E-state index in [-0.39, 0.29) is 18.4 Å². The van der Waals surface area contributed by atoms with Gasteiger partial charge in [0.05, 0.1) is 36.8 Å². The van der Waals surface area contributed by atoms with Gasteiger partial charge >= 0.3 is 0 Å². The van der Waals surface area contributed by atoms with Gasteiger partial charge in [0.1, 0.15) is 18.3 Å². The predicted octanol–water partition coefficient (Wildman–Crippen LogP) is -1.46. The molecule has 33 heavy (non-hydrogen) atoms. The lowest BCUT2D eigenvalue weighted by atomic mass is 9.79. The summed E-state index contributed by atoms with van der Waals surface area (Å²) in [6, 6.07) is 5.57. The summed E-state index contributed by atoms with van der Waals surface area (Å²) in [7, 11) is 3.30. The van der Waals surface area contributed by atoms with E-state index in [0.717, 1.165) is 11.1 Å². The van der Waals surface area contributed by atoms with E-state index in [9.17, 15) is 20.1 Å². The first kappa shape index (κ1) is 24.5. The number of aliphatic hydroxyl groups excluding tert-OH is 2. The number of likely N-dealkylation sites (N-methyl/N-ethyl adjacent to an activating group) is 2. The second kappa shape index (κ2) is 9.55. The summed E-state index contributed by atoms with van der Waals surface area (Å²) < 4.78 is 18.0. The van der Waals surface area contributed by atoms with Crippen molar-refractivity contribution in [2.24, 2.45) is 0 Å². The van der Waals surface area contributed by atoms with E-state index >= 15 is 0 Å². The Bertz CT molecular complexity index is 840. The Morgan fingerprint density at radius 1 is 1.06 bits per heavy atom. The summed E-state index contributed by atoms with van der Waals surface area (Å²) in [6.07, 6.45) is -4.92. The van der Waals surface area contributed by atoms with Crippen molar-refractivity contribution in [3.8, 4) is 0 Å². The van der Waals surface area contributed by atoms with Gasteiger partial charge in [0.2, 0.25) is 18.0 Å². The third kappa shape index (κ3) is 4.54. The molecule has 1 saturated carbocycles. The normalized spacial score (nSPS) is 42.8. The monoisotopic (exact) mass is 465 g/mol. The van der Waals surface area contributed by atoms with Gasteiger partial charge in [-0.05, 0) is 39.9 Å². The average molecular weight is 466 g/mol. The van der Waals surface area contributed by atoms with Crippen molar-refractivity contribution in [1.29, 1.82) is 0 Å². The Labute approximate surface area is 193 Å². The highest BCUT2D eigenvalue weighted by molar-refractivity contribution is 5.79. The van der Waals surface area contributed by atoms with Crippen molar-refractivity contribution < 1.29 is 34.3 Å². The summed E-state index contributed by atoms with van der Waals surface area (Å²) in [6.45, 7) is 3.80. The van der Waals surface area contributed by atoms with Crippen LogP contribution in [0.4, 0.5) is 0 Å². The molecule has 0 radical (unpaired) electrons. The Hall–Kier alpha value is -1.63. The molecule has 0 spiro atoms. The minimum atomic E-state index is -1.99. The minimum absolute atomic E-state index is 0.153. The molecule has 3 fully saturated rings. The van der Waals surface area contributed by atoms with E-state index in [1.807, 2.05) is 38.1 Å². The maximum absolute atomic E-state index is 12.8. The van der Waals surface area contributed by atoms with E-state index in [1.165, 1.54) is 0 Å². The Balaban J connectivity index is 1.55. The van der Waals surface area contributed by atoms with Crippen LogP contribution in [0.5, 0.6) is 0 Å². The summed E-state index contributed by atoms with van der Waals surface area (Å²) in [5, 5.41) is 42.0. The first-order valence-electron chi connectivity index (χ1n) is 11.4. The molecule has 3 unspecified atom stereocenters. The molecule has 1 aromatic rings. The fourth-order valence-electron chi connectivity index (χ4n) is 5.15. The van der Waals surface area contributed by atoms with E-state index in [2.05, 4.69) is 16.0 Å². The van der Waals surface area contributed by atoms with Crippen LogP contribution in [0, 0.1) is 6.92 Å². The topological polar surface area (TPSA) is 142 Å². The smallest absolute Gasteiger partial charge is 0.239 e. The number of nitrogens with one attached hydrogen (secondary N) is 3. The zero-order chi connectivity index (χ0) is 23.9. The Morgan fingerprint density at radius 3 is 2.36 bits per heavy atom. The zero-order valence-corrected chi connectivity index (χ0v) is 19.4. The molecule has 184 valence electrons. The molecular weight excluding hydrogens is 430 g/mol. The van der Waals surface area contributed by atoms with Gasteiger partial charge in [0.25, 0.3) is 0 Å². The van der Waals surface area contributed by atoms with E-state index in [4.69, 9.17) is 14.2 Å². The number of carbonyl (C=O) groups is 1. The van der Waals surface area contributed by atoms with Gasteiger partial charge in [-0.3, -0.25) is 4.79 Å². The number of fused-ring (bicyclic) bond motifs is 2. The van der Waals surface area contributed by atoms with E-state index < -0.39 is 54.6 Å². The van der Waals surface area contributed by atoms with Crippen molar-refractivity contribution in [2.45, 2.75) is 87.4 Å². The number of hydrogen-bond acceptors (Lipinski definition) is 9. The molecule has 1 aliphatic carbocycles. The van der Waals surface area contributed by atoms with Crippen molar-refractivity contribution in [3.05, 3.63) is 35.4 Å². The molecule has 10 heteroatoms. The van der Waals surface area contributed by atoms with Gasteiger partial charge < -0.3 is 45.5 Å². The largest absolute Gasteiger partial charge is 0.390 e. The highest BCUT2D eigenvalue weighted by Gasteiger charge is 2.63. The number of carbonyl (C=O) groups excluding carboxylic acids is 1. The number of rotatable bonds is 5. The molecule has 2 heterocycles. The number of hydrogen-bond donors (Lipinski definition) is 6. The van der Waals surface area contributed by atoms with Gasteiger partial charge in [-0.1, -0.05) is 29.8 Å². The lowest BCUT2D eigenvalue weighted by Crippen LogP contribution is -2.79. The van der Waals surface area contributed by atoms with E-state index in [1.54, 1.807) is 14.1 Å². The van der Waals surface area contributed by atoms with Gasteiger partial charge in [0, 0.05) is 0 Å². The number of benzene rings is 1. The average Bonchev–Trinajstić information content (AvgIpc) is 2.76. The molecule has 10 nitrogen and oxygen atoms in total. The summed E-state index contributed by atoms with van der Waals surface area (Å²) in [4.78, 5) is 12.8. The number of aliphatic hydroxyl groups is 3.